The third kappa shape index (κ3) is 6.25. The minimum atomic E-state index is -0.326. The smallest absolute Gasteiger partial charge is 0.254 e. The predicted octanol–water partition coefficient (Wildman–Crippen LogP) is 5.05. The maximum absolute atomic E-state index is 13.6. The average molecular weight is 592 g/mol. The minimum absolute atomic E-state index is 0.0117. The molecule has 2 unspecified atom stereocenters. The first kappa shape index (κ1) is 28.3. The van der Waals surface area contributed by atoms with Crippen molar-refractivity contribution in [1.29, 1.82) is 0 Å². The van der Waals surface area contributed by atoms with E-state index in [0.717, 1.165) is 11.1 Å². The van der Waals surface area contributed by atoms with Gasteiger partial charge in [0.25, 0.3) is 5.56 Å². The van der Waals surface area contributed by atoms with Gasteiger partial charge in [-0.15, -0.1) is 0 Å². The number of nitrogens with one attached hydrogen (secondary N) is 1. The van der Waals surface area contributed by atoms with Gasteiger partial charge in [-0.25, -0.2) is 20.8 Å². The van der Waals surface area contributed by atoms with E-state index in [-0.39, 0.29) is 28.6 Å². The van der Waals surface area contributed by atoms with Crippen LogP contribution in [-0.2, 0) is 4.79 Å². The van der Waals surface area contributed by atoms with Crippen molar-refractivity contribution in [3.05, 3.63) is 99.7 Å². The summed E-state index contributed by atoms with van der Waals surface area (Å²) in [5.41, 5.74) is 9.63. The van der Waals surface area contributed by atoms with Gasteiger partial charge in [0.2, 0.25) is 5.91 Å². The molecule has 0 fully saturated rings. The molecule has 2 aromatic heterocycles. The molecule has 0 aliphatic carbocycles. The number of anilines is 2. The number of nitrogens with two attached hydrogens (primary N) is 2. The van der Waals surface area contributed by atoms with Gasteiger partial charge in [0.05, 0.1) is 47.5 Å². The molecule has 4 aromatic rings. The fraction of sp³-hybridized carbons (Fsp3) is 0.207. The van der Waals surface area contributed by atoms with Gasteiger partial charge in [0, 0.05) is 28.1 Å². The Balaban J connectivity index is 1.59. The molecule has 1 amide bonds. The molecule has 210 valence electrons. The van der Waals surface area contributed by atoms with Gasteiger partial charge in [-0.3, -0.25) is 19.2 Å². The number of hydrazine groups is 1. The lowest BCUT2D eigenvalue weighted by Crippen LogP contribution is -2.27. The summed E-state index contributed by atoms with van der Waals surface area (Å²) in [4.78, 5) is 39.7. The summed E-state index contributed by atoms with van der Waals surface area (Å²) in [6, 6.07) is 14.0. The standard InChI is InChI=1S/C29H28Cl2N8O2/c1-17-4-2-7-24(18-5-3-6-19(10-18)28-23(37-29(17)41)13-34-15-35-28)38-16-36-22(12-27(38)40)21-11-20(30)8-9-25(21)39(33)14-26(31)32/h3,5-6,8-17,24H,2,4,7,32-33H2,1H3,(H,37,41)/b26-14-. The van der Waals surface area contributed by atoms with Crippen molar-refractivity contribution in [2.24, 2.45) is 17.5 Å². The molecule has 0 saturated carbocycles. The number of nitrogens with zero attached hydrogens (tertiary/aromatic N) is 5. The highest BCUT2D eigenvalue weighted by molar-refractivity contribution is 6.31. The second-order valence-corrected chi connectivity index (χ2v) is 10.7. The van der Waals surface area contributed by atoms with Crippen molar-refractivity contribution in [2.45, 2.75) is 32.2 Å². The lowest BCUT2D eigenvalue weighted by molar-refractivity contribution is -0.119. The number of aromatic nitrogens is 4. The Kier molecular flexibility index (Phi) is 8.34. The van der Waals surface area contributed by atoms with Crippen LogP contribution in [0.1, 0.15) is 37.8 Å². The minimum Gasteiger partial charge on any atom is -0.388 e. The first-order valence-electron chi connectivity index (χ1n) is 13.0. The average Bonchev–Trinajstić information content (AvgIpc) is 2.95. The number of benzene rings is 2. The SMILES string of the molecule is CC1CCCC(n2cnc(-c3cc(Cl)ccc3N(N)/C=C(\N)Cl)cc2=O)c2cccc(c2)-c2ncncc2NC1=O. The number of hydrogen-bond acceptors (Lipinski definition) is 8. The van der Waals surface area contributed by atoms with Gasteiger partial charge in [-0.05, 0) is 42.7 Å². The summed E-state index contributed by atoms with van der Waals surface area (Å²) < 4.78 is 1.61. The van der Waals surface area contributed by atoms with Crippen molar-refractivity contribution >= 4 is 40.5 Å². The summed E-state index contributed by atoms with van der Waals surface area (Å²) in [5, 5.41) is 4.65. The molecular formula is C29H28Cl2N8O2. The second-order valence-electron chi connectivity index (χ2n) is 9.85. The Bertz CT molecular complexity index is 1690. The molecule has 10 nitrogen and oxygen atoms in total. The van der Waals surface area contributed by atoms with Crippen molar-refractivity contribution in [3.63, 3.8) is 0 Å². The molecule has 0 spiro atoms. The molecule has 1 aliphatic rings. The number of amides is 1. The molecular weight excluding hydrogens is 563 g/mol. The van der Waals surface area contributed by atoms with Crippen molar-refractivity contribution in [3.8, 4) is 22.5 Å². The van der Waals surface area contributed by atoms with Crippen LogP contribution in [0.25, 0.3) is 22.5 Å². The molecule has 3 heterocycles. The summed E-state index contributed by atoms with van der Waals surface area (Å²) in [6.45, 7) is 1.89. The fourth-order valence-corrected chi connectivity index (χ4v) is 5.22. The highest BCUT2D eigenvalue weighted by Crippen LogP contribution is 2.34. The van der Waals surface area contributed by atoms with Gasteiger partial charge in [0.1, 0.15) is 11.5 Å². The zero-order valence-corrected chi connectivity index (χ0v) is 23.7. The van der Waals surface area contributed by atoms with Crippen LogP contribution in [0.2, 0.25) is 5.02 Å². The van der Waals surface area contributed by atoms with Crippen LogP contribution < -0.4 is 27.5 Å². The topological polar surface area (TPSA) is 145 Å². The van der Waals surface area contributed by atoms with E-state index in [4.69, 9.17) is 34.8 Å². The van der Waals surface area contributed by atoms with E-state index in [2.05, 4.69) is 20.3 Å². The third-order valence-corrected chi connectivity index (χ3v) is 7.36. The Labute approximate surface area is 246 Å². The van der Waals surface area contributed by atoms with E-state index in [1.165, 1.54) is 29.9 Å². The van der Waals surface area contributed by atoms with E-state index >= 15 is 0 Å². The molecule has 41 heavy (non-hydrogen) atoms. The van der Waals surface area contributed by atoms with Crippen molar-refractivity contribution in [2.75, 3.05) is 10.3 Å². The van der Waals surface area contributed by atoms with Crippen LogP contribution in [0.3, 0.4) is 0 Å². The monoisotopic (exact) mass is 590 g/mol. The van der Waals surface area contributed by atoms with Crippen LogP contribution in [0.5, 0.6) is 0 Å². The molecule has 5 rings (SSSR count). The second kappa shape index (κ2) is 12.1. The van der Waals surface area contributed by atoms with Crippen molar-refractivity contribution < 1.29 is 4.79 Å². The maximum Gasteiger partial charge on any atom is 0.254 e. The zero-order chi connectivity index (χ0) is 29.1. The Morgan fingerprint density at radius 3 is 2.76 bits per heavy atom. The normalized spacial score (nSPS) is 17.6. The van der Waals surface area contributed by atoms with Crippen LogP contribution in [0.4, 0.5) is 11.4 Å². The number of halogens is 2. The zero-order valence-electron chi connectivity index (χ0n) is 22.2. The van der Waals surface area contributed by atoms with Gasteiger partial charge in [-0.2, -0.15) is 0 Å². The third-order valence-electron chi connectivity index (χ3n) is 7.02. The number of carbonyl (C=O) groups is 1. The molecule has 12 heteroatoms. The number of rotatable bonds is 4. The summed E-state index contributed by atoms with van der Waals surface area (Å²) in [6.07, 6.45) is 7.89. The van der Waals surface area contributed by atoms with Crippen LogP contribution in [0.15, 0.2) is 83.5 Å². The summed E-state index contributed by atoms with van der Waals surface area (Å²) in [7, 11) is 0. The number of fused-ring (bicyclic) bond motifs is 4. The summed E-state index contributed by atoms with van der Waals surface area (Å²) >= 11 is 12.1. The first-order valence-corrected chi connectivity index (χ1v) is 13.7. The summed E-state index contributed by atoms with van der Waals surface area (Å²) in [5.74, 6) is 5.80. The predicted molar refractivity (Wildman–Crippen MR) is 161 cm³/mol. The molecule has 2 bridgehead atoms. The van der Waals surface area contributed by atoms with Gasteiger partial charge >= 0.3 is 0 Å². The molecule has 5 N–H and O–H groups in total. The molecule has 2 aromatic carbocycles. The Morgan fingerprint density at radius 1 is 1.15 bits per heavy atom. The highest BCUT2D eigenvalue weighted by atomic mass is 35.5. The van der Waals surface area contributed by atoms with E-state index < -0.39 is 0 Å². The van der Waals surface area contributed by atoms with Crippen LogP contribution in [0, 0.1) is 5.92 Å². The van der Waals surface area contributed by atoms with Crippen LogP contribution >= 0.6 is 23.2 Å². The lowest BCUT2D eigenvalue weighted by atomic mass is 9.94. The van der Waals surface area contributed by atoms with Gasteiger partial charge < -0.3 is 11.1 Å². The molecule has 0 radical (unpaired) electrons. The van der Waals surface area contributed by atoms with E-state index in [1.807, 2.05) is 31.2 Å². The van der Waals surface area contributed by atoms with E-state index in [9.17, 15) is 9.59 Å². The largest absolute Gasteiger partial charge is 0.388 e. The van der Waals surface area contributed by atoms with E-state index in [1.54, 1.807) is 29.0 Å². The quantitative estimate of drug-likeness (QED) is 0.170. The van der Waals surface area contributed by atoms with Crippen molar-refractivity contribution in [1.82, 2.24) is 19.5 Å². The van der Waals surface area contributed by atoms with Gasteiger partial charge in [0.15, 0.2) is 0 Å². The number of hydrogen-bond donors (Lipinski definition) is 3. The Morgan fingerprint density at radius 2 is 1.98 bits per heavy atom. The lowest BCUT2D eigenvalue weighted by Gasteiger charge is -2.23. The fourth-order valence-electron chi connectivity index (χ4n) is 4.95. The van der Waals surface area contributed by atoms with Gasteiger partial charge in [-0.1, -0.05) is 54.7 Å². The maximum atomic E-state index is 13.6. The molecule has 2 atom stereocenters. The first-order chi connectivity index (χ1) is 19.7. The van der Waals surface area contributed by atoms with E-state index in [0.29, 0.717) is 52.6 Å². The number of carbonyl (C=O) groups excluding carboxylic acids is 1. The van der Waals surface area contributed by atoms with Crippen LogP contribution in [-0.4, -0.2) is 25.4 Å². The molecule has 1 aliphatic heterocycles. The highest BCUT2D eigenvalue weighted by Gasteiger charge is 2.22. The molecule has 0 saturated heterocycles. The Hall–Kier alpha value is -4.25.